The SMILES string of the molecule is c1ccc2cc(C3=NC(c4cccc5oc6c(-c7cccc8oc9ccccc9c78)cccc6c45)NC(c4ccc5ccccc5c4)=N3)ccc2c1. The molecule has 1 aliphatic rings. The van der Waals surface area contributed by atoms with Gasteiger partial charge in [0.25, 0.3) is 0 Å². The van der Waals surface area contributed by atoms with Crippen LogP contribution in [0, 0.1) is 0 Å². The maximum Gasteiger partial charge on any atom is 0.159 e. The molecule has 0 saturated heterocycles. The summed E-state index contributed by atoms with van der Waals surface area (Å²) in [4.78, 5) is 10.5. The van der Waals surface area contributed by atoms with Crippen molar-refractivity contribution in [1.82, 2.24) is 5.32 Å². The fraction of sp³-hybridized carbons (Fsp3) is 0.0213. The minimum Gasteiger partial charge on any atom is -0.456 e. The van der Waals surface area contributed by atoms with Crippen LogP contribution in [0.1, 0.15) is 22.9 Å². The first-order valence-corrected chi connectivity index (χ1v) is 17.5. The van der Waals surface area contributed by atoms with Crippen LogP contribution in [0.15, 0.2) is 183 Å². The predicted molar refractivity (Wildman–Crippen MR) is 213 cm³/mol. The first-order valence-electron chi connectivity index (χ1n) is 17.5. The summed E-state index contributed by atoms with van der Waals surface area (Å²) in [5.41, 5.74) is 8.46. The molecule has 3 heterocycles. The van der Waals surface area contributed by atoms with E-state index in [0.29, 0.717) is 5.84 Å². The van der Waals surface area contributed by atoms with Crippen LogP contribution in [0.3, 0.4) is 0 Å². The molecule has 2 aromatic heterocycles. The van der Waals surface area contributed by atoms with Gasteiger partial charge in [0.05, 0.1) is 0 Å². The number of furan rings is 2. The van der Waals surface area contributed by atoms with E-state index in [-0.39, 0.29) is 0 Å². The van der Waals surface area contributed by atoms with Gasteiger partial charge in [0.15, 0.2) is 5.84 Å². The lowest BCUT2D eigenvalue weighted by molar-refractivity contribution is 0.663. The van der Waals surface area contributed by atoms with E-state index in [0.717, 1.165) is 88.3 Å². The molecule has 52 heavy (non-hydrogen) atoms. The zero-order valence-electron chi connectivity index (χ0n) is 27.9. The standard InChI is InChI=1S/C47H29N3O2/c1-3-12-30-26-32(24-22-28(30)10-1)45-48-46(33-25-23-29-11-2-4-13-31(29)27-33)50-47(49-45)38-18-9-21-41-43(38)37-17-7-16-35(44(37)52-41)34-15-8-20-40-42(34)36-14-5-6-19-39(36)51-40/h1-27,47H,(H,48,49,50). The Balaban J connectivity index is 1.11. The second-order valence-electron chi connectivity index (χ2n) is 13.4. The van der Waals surface area contributed by atoms with Gasteiger partial charge in [-0.3, -0.25) is 0 Å². The van der Waals surface area contributed by atoms with Crippen LogP contribution in [-0.4, -0.2) is 11.7 Å². The summed E-state index contributed by atoms with van der Waals surface area (Å²) >= 11 is 0. The molecule has 0 fully saturated rings. The van der Waals surface area contributed by atoms with Crippen molar-refractivity contribution in [2.75, 3.05) is 0 Å². The molecule has 10 aromatic rings. The zero-order valence-corrected chi connectivity index (χ0v) is 27.9. The molecule has 1 N–H and O–H groups in total. The number of aliphatic imine (C=N–C) groups is 2. The Morgan fingerprint density at radius 2 is 1.08 bits per heavy atom. The van der Waals surface area contributed by atoms with Gasteiger partial charge in [0.2, 0.25) is 0 Å². The van der Waals surface area contributed by atoms with Crippen LogP contribution < -0.4 is 5.32 Å². The summed E-state index contributed by atoms with van der Waals surface area (Å²) < 4.78 is 13.0. The molecule has 1 aliphatic heterocycles. The fourth-order valence-corrected chi connectivity index (χ4v) is 7.86. The first-order chi connectivity index (χ1) is 25.7. The molecule has 0 spiro atoms. The Hall–Kier alpha value is -6.98. The molecule has 5 nitrogen and oxygen atoms in total. The van der Waals surface area contributed by atoms with Crippen LogP contribution >= 0.6 is 0 Å². The van der Waals surface area contributed by atoms with Gasteiger partial charge >= 0.3 is 0 Å². The number of nitrogens with one attached hydrogen (secondary N) is 1. The molecule has 0 bridgehead atoms. The van der Waals surface area contributed by atoms with E-state index in [1.807, 2.05) is 24.3 Å². The second-order valence-corrected chi connectivity index (χ2v) is 13.4. The second kappa shape index (κ2) is 11.3. The van der Waals surface area contributed by atoms with E-state index in [1.54, 1.807) is 0 Å². The number of amidine groups is 2. The van der Waals surface area contributed by atoms with E-state index < -0.39 is 6.17 Å². The minimum atomic E-state index is -0.421. The molecule has 0 amide bonds. The Bertz CT molecular complexity index is 3130. The third-order valence-corrected chi connectivity index (χ3v) is 10.3. The van der Waals surface area contributed by atoms with Crippen molar-refractivity contribution in [3.8, 4) is 11.1 Å². The van der Waals surface area contributed by atoms with Crippen molar-refractivity contribution < 1.29 is 8.83 Å². The molecule has 0 radical (unpaired) electrons. The Labute approximate surface area is 298 Å². The summed E-state index contributed by atoms with van der Waals surface area (Å²) in [6.07, 6.45) is -0.421. The molecule has 1 atom stereocenters. The number of hydrogen-bond acceptors (Lipinski definition) is 5. The quantitative estimate of drug-likeness (QED) is 0.203. The van der Waals surface area contributed by atoms with Crippen LogP contribution in [-0.2, 0) is 0 Å². The van der Waals surface area contributed by atoms with Crippen LogP contribution in [0.25, 0.3) is 76.5 Å². The zero-order chi connectivity index (χ0) is 34.2. The highest BCUT2D eigenvalue weighted by molar-refractivity contribution is 6.18. The van der Waals surface area contributed by atoms with E-state index in [2.05, 4.69) is 145 Å². The highest BCUT2D eigenvalue weighted by Crippen LogP contribution is 2.43. The van der Waals surface area contributed by atoms with Gasteiger partial charge in [-0.2, -0.15) is 0 Å². The van der Waals surface area contributed by atoms with Gasteiger partial charge in [-0.1, -0.05) is 133 Å². The summed E-state index contributed by atoms with van der Waals surface area (Å²) in [6, 6.07) is 56.8. The normalized spacial score (nSPS) is 14.7. The number of fused-ring (bicyclic) bond motifs is 8. The Kier molecular flexibility index (Phi) is 6.25. The number of nitrogens with zero attached hydrogens (tertiary/aromatic N) is 2. The molecule has 0 saturated carbocycles. The highest BCUT2D eigenvalue weighted by atomic mass is 16.3. The fourth-order valence-electron chi connectivity index (χ4n) is 7.86. The van der Waals surface area contributed by atoms with E-state index in [4.69, 9.17) is 18.8 Å². The van der Waals surface area contributed by atoms with Crippen molar-refractivity contribution in [2.24, 2.45) is 9.98 Å². The Morgan fingerprint density at radius 1 is 0.462 bits per heavy atom. The lowest BCUT2D eigenvalue weighted by Gasteiger charge is -2.24. The van der Waals surface area contributed by atoms with Gasteiger partial charge in [-0.05, 0) is 57.4 Å². The summed E-state index contributed by atoms with van der Waals surface area (Å²) in [6.45, 7) is 0. The van der Waals surface area contributed by atoms with Crippen LogP contribution in [0.2, 0.25) is 0 Å². The molecule has 0 aliphatic carbocycles. The third-order valence-electron chi connectivity index (χ3n) is 10.3. The van der Waals surface area contributed by atoms with E-state index in [9.17, 15) is 0 Å². The van der Waals surface area contributed by atoms with Crippen molar-refractivity contribution >= 4 is 77.1 Å². The lowest BCUT2D eigenvalue weighted by Crippen LogP contribution is -2.33. The smallest absolute Gasteiger partial charge is 0.159 e. The molecule has 5 heteroatoms. The average molecular weight is 668 g/mol. The molecular formula is C47H29N3O2. The van der Waals surface area contributed by atoms with Gasteiger partial charge in [0.1, 0.15) is 34.3 Å². The van der Waals surface area contributed by atoms with Crippen LogP contribution in [0.4, 0.5) is 0 Å². The number of para-hydroxylation sites is 2. The predicted octanol–water partition coefficient (Wildman–Crippen LogP) is 12.0. The van der Waals surface area contributed by atoms with E-state index in [1.165, 1.54) is 10.8 Å². The van der Waals surface area contributed by atoms with Gasteiger partial charge < -0.3 is 14.2 Å². The van der Waals surface area contributed by atoms with Crippen molar-refractivity contribution in [3.63, 3.8) is 0 Å². The minimum absolute atomic E-state index is 0.421. The van der Waals surface area contributed by atoms with Crippen molar-refractivity contribution in [1.29, 1.82) is 0 Å². The summed E-state index contributed by atoms with van der Waals surface area (Å²) in [7, 11) is 0. The van der Waals surface area contributed by atoms with Crippen LogP contribution in [0.5, 0.6) is 0 Å². The monoisotopic (exact) mass is 667 g/mol. The molecule has 11 rings (SSSR count). The average Bonchev–Trinajstić information content (AvgIpc) is 3.79. The van der Waals surface area contributed by atoms with Gasteiger partial charge in [-0.15, -0.1) is 0 Å². The Morgan fingerprint density at radius 3 is 1.90 bits per heavy atom. The first kappa shape index (κ1) is 28.8. The van der Waals surface area contributed by atoms with Gasteiger partial charge in [-0.25, -0.2) is 9.98 Å². The molecule has 1 unspecified atom stereocenters. The maximum atomic E-state index is 6.79. The molecular weight excluding hydrogens is 639 g/mol. The number of hydrogen-bond donors (Lipinski definition) is 1. The highest BCUT2D eigenvalue weighted by Gasteiger charge is 2.26. The number of benzene rings is 8. The number of rotatable bonds is 4. The molecule has 8 aromatic carbocycles. The van der Waals surface area contributed by atoms with Crippen molar-refractivity contribution in [3.05, 3.63) is 180 Å². The molecule has 244 valence electrons. The summed E-state index contributed by atoms with van der Waals surface area (Å²) in [5, 5.41) is 12.6. The lowest BCUT2D eigenvalue weighted by atomic mass is 9.96. The summed E-state index contributed by atoms with van der Waals surface area (Å²) in [5.74, 6) is 1.46. The topological polar surface area (TPSA) is 63.0 Å². The van der Waals surface area contributed by atoms with Crippen molar-refractivity contribution in [2.45, 2.75) is 6.17 Å². The maximum absolute atomic E-state index is 6.79. The largest absolute Gasteiger partial charge is 0.456 e. The van der Waals surface area contributed by atoms with Gasteiger partial charge in [0, 0.05) is 43.8 Å². The third kappa shape index (κ3) is 4.49. The van der Waals surface area contributed by atoms with E-state index >= 15 is 0 Å².